The Morgan fingerprint density at radius 2 is 2.26 bits per heavy atom. The predicted octanol–water partition coefficient (Wildman–Crippen LogP) is 1.10. The number of nitrogens with zero attached hydrogens (tertiary/aromatic N) is 3. The van der Waals surface area contributed by atoms with Gasteiger partial charge in [0.25, 0.3) is 0 Å². The predicted molar refractivity (Wildman–Crippen MR) is 77.1 cm³/mol. The molecule has 0 saturated carbocycles. The molecule has 1 aromatic carbocycles. The van der Waals surface area contributed by atoms with Crippen molar-refractivity contribution < 1.29 is 24.2 Å². The van der Waals surface area contributed by atoms with Crippen LogP contribution in [-0.4, -0.2) is 39.1 Å². The van der Waals surface area contributed by atoms with Crippen molar-refractivity contribution in [3.05, 3.63) is 46.4 Å². The van der Waals surface area contributed by atoms with Crippen molar-refractivity contribution in [2.24, 2.45) is 0 Å². The molecule has 0 aliphatic carbocycles. The highest BCUT2D eigenvalue weighted by Crippen LogP contribution is 2.32. The van der Waals surface area contributed by atoms with Crippen molar-refractivity contribution in [1.29, 1.82) is 0 Å². The molecule has 0 saturated heterocycles. The molecular weight excluding hydrogens is 306 g/mol. The summed E-state index contributed by atoms with van der Waals surface area (Å²) >= 11 is 0. The monoisotopic (exact) mass is 321 g/mol. The minimum absolute atomic E-state index is 0.0976. The van der Waals surface area contributed by atoms with Gasteiger partial charge < -0.3 is 34.0 Å². The molecule has 1 atom stereocenters. The number of nitro groups is 1. The van der Waals surface area contributed by atoms with Gasteiger partial charge in [-0.15, -0.1) is 0 Å². The van der Waals surface area contributed by atoms with E-state index in [1.807, 2.05) is 18.2 Å². The summed E-state index contributed by atoms with van der Waals surface area (Å²) in [7, 11) is 0. The molecule has 0 bridgehead atoms. The highest BCUT2D eigenvalue weighted by Gasteiger charge is 2.15. The van der Waals surface area contributed by atoms with Gasteiger partial charge in [0.05, 0.1) is 25.9 Å². The zero-order chi connectivity index (χ0) is 16.2. The fourth-order valence-corrected chi connectivity index (χ4v) is 2.18. The lowest BCUT2D eigenvalue weighted by Crippen LogP contribution is -2.21. The Kier molecular flexibility index (Phi) is 4.40. The Morgan fingerprint density at radius 1 is 1.43 bits per heavy atom. The molecule has 1 N–H and O–H groups in total. The summed E-state index contributed by atoms with van der Waals surface area (Å²) in [6.07, 6.45) is 1.78. The number of hydrogen-bond acceptors (Lipinski definition) is 7. The standard InChI is InChI=1S/C14H15N3O6/c18-11(4-16-5-14(15-8-16)17(19)20)7-21-6-10-1-2-12-13(3-10)23-9-22-12/h1-3,5,8,11,18H,4,6-7,9H2/t11-/m1/s1. The quantitative estimate of drug-likeness (QED) is 0.600. The van der Waals surface area contributed by atoms with Gasteiger partial charge >= 0.3 is 5.82 Å². The molecule has 0 spiro atoms. The Morgan fingerprint density at radius 3 is 3.04 bits per heavy atom. The van der Waals surface area contributed by atoms with Gasteiger partial charge in [0, 0.05) is 0 Å². The van der Waals surface area contributed by atoms with E-state index in [0.717, 1.165) is 5.56 Å². The fourth-order valence-electron chi connectivity index (χ4n) is 2.18. The van der Waals surface area contributed by atoms with Crippen molar-refractivity contribution in [3.63, 3.8) is 0 Å². The van der Waals surface area contributed by atoms with Crippen molar-refractivity contribution in [1.82, 2.24) is 9.55 Å². The van der Waals surface area contributed by atoms with Crippen LogP contribution in [0.4, 0.5) is 5.82 Å². The number of rotatable bonds is 7. The number of aliphatic hydroxyl groups excluding tert-OH is 1. The average Bonchev–Trinajstić information content (AvgIpc) is 3.15. The third-order valence-electron chi connectivity index (χ3n) is 3.24. The van der Waals surface area contributed by atoms with E-state index in [1.165, 1.54) is 17.1 Å². The van der Waals surface area contributed by atoms with E-state index in [4.69, 9.17) is 14.2 Å². The lowest BCUT2D eigenvalue weighted by Gasteiger charge is -2.11. The van der Waals surface area contributed by atoms with Gasteiger partial charge in [0.2, 0.25) is 13.1 Å². The van der Waals surface area contributed by atoms with Crippen LogP contribution in [0, 0.1) is 10.1 Å². The maximum atomic E-state index is 10.5. The number of aromatic nitrogens is 2. The van der Waals surface area contributed by atoms with Crippen LogP contribution < -0.4 is 9.47 Å². The van der Waals surface area contributed by atoms with E-state index in [9.17, 15) is 15.2 Å². The summed E-state index contributed by atoms with van der Waals surface area (Å²) in [5.74, 6) is 1.13. The van der Waals surface area contributed by atoms with E-state index in [-0.39, 0.29) is 25.8 Å². The van der Waals surface area contributed by atoms with Crippen molar-refractivity contribution in [3.8, 4) is 11.5 Å². The molecule has 0 radical (unpaired) electrons. The third kappa shape index (κ3) is 3.76. The maximum absolute atomic E-state index is 10.5. The Labute approximate surface area is 131 Å². The minimum Gasteiger partial charge on any atom is -0.454 e. The summed E-state index contributed by atoms with van der Waals surface area (Å²) in [4.78, 5) is 13.6. The fraction of sp³-hybridized carbons (Fsp3) is 0.357. The van der Waals surface area contributed by atoms with Crippen LogP contribution in [-0.2, 0) is 17.9 Å². The minimum atomic E-state index is -0.794. The van der Waals surface area contributed by atoms with Crippen molar-refractivity contribution in [2.45, 2.75) is 19.3 Å². The summed E-state index contributed by atoms with van der Waals surface area (Å²) in [6, 6.07) is 5.50. The molecule has 2 aromatic rings. The average molecular weight is 321 g/mol. The molecule has 0 fully saturated rings. The molecule has 9 heteroatoms. The summed E-state index contributed by atoms with van der Waals surface area (Å²) in [5.41, 5.74) is 0.903. The van der Waals surface area contributed by atoms with E-state index in [1.54, 1.807) is 0 Å². The largest absolute Gasteiger partial charge is 0.454 e. The van der Waals surface area contributed by atoms with Crippen LogP contribution in [0.15, 0.2) is 30.7 Å². The number of fused-ring (bicyclic) bond motifs is 1. The first-order valence-electron chi connectivity index (χ1n) is 6.92. The third-order valence-corrected chi connectivity index (χ3v) is 3.24. The SMILES string of the molecule is O=[N+]([O-])c1cn(C[C@@H](O)COCc2ccc3c(c2)OCO3)cn1. The van der Waals surface area contributed by atoms with Gasteiger partial charge in [-0.3, -0.25) is 0 Å². The van der Waals surface area contributed by atoms with Gasteiger partial charge in [0.1, 0.15) is 6.20 Å². The summed E-state index contributed by atoms with van der Waals surface area (Å²) in [6.45, 7) is 0.801. The van der Waals surface area contributed by atoms with Crippen LogP contribution >= 0.6 is 0 Å². The summed E-state index contributed by atoms with van der Waals surface area (Å²) < 4.78 is 17.4. The van der Waals surface area contributed by atoms with Gasteiger partial charge in [-0.2, -0.15) is 0 Å². The van der Waals surface area contributed by atoms with E-state index in [0.29, 0.717) is 18.1 Å². The van der Waals surface area contributed by atoms with E-state index >= 15 is 0 Å². The number of benzene rings is 1. The molecule has 3 rings (SSSR count). The van der Waals surface area contributed by atoms with Gasteiger partial charge in [-0.05, 0) is 27.6 Å². The molecule has 1 aromatic heterocycles. The number of hydrogen-bond donors (Lipinski definition) is 1. The normalized spacial score (nSPS) is 14.0. The molecule has 0 unspecified atom stereocenters. The molecule has 122 valence electrons. The smallest absolute Gasteiger partial charge is 0.381 e. The maximum Gasteiger partial charge on any atom is 0.381 e. The zero-order valence-electron chi connectivity index (χ0n) is 12.1. The second kappa shape index (κ2) is 6.63. The Bertz CT molecular complexity index is 702. The lowest BCUT2D eigenvalue weighted by molar-refractivity contribution is -0.389. The number of imidazole rings is 1. The van der Waals surface area contributed by atoms with Crippen LogP contribution in [0.25, 0.3) is 0 Å². The van der Waals surface area contributed by atoms with Crippen LogP contribution in [0.1, 0.15) is 5.56 Å². The summed E-state index contributed by atoms with van der Waals surface area (Å²) in [5, 5.41) is 20.4. The molecular formula is C14H15N3O6. The second-order valence-corrected chi connectivity index (χ2v) is 5.04. The van der Waals surface area contributed by atoms with Crippen molar-refractivity contribution >= 4 is 5.82 Å². The first-order valence-corrected chi connectivity index (χ1v) is 6.92. The molecule has 2 heterocycles. The highest BCUT2D eigenvalue weighted by molar-refractivity contribution is 5.44. The van der Waals surface area contributed by atoms with Crippen LogP contribution in [0.2, 0.25) is 0 Å². The molecule has 9 nitrogen and oxygen atoms in total. The lowest BCUT2D eigenvalue weighted by atomic mass is 10.2. The zero-order valence-corrected chi connectivity index (χ0v) is 12.1. The Hall–Kier alpha value is -2.65. The van der Waals surface area contributed by atoms with Gasteiger partial charge in [-0.1, -0.05) is 6.07 Å². The topological polar surface area (TPSA) is 109 Å². The van der Waals surface area contributed by atoms with E-state index < -0.39 is 11.0 Å². The van der Waals surface area contributed by atoms with Crippen LogP contribution in [0.5, 0.6) is 11.5 Å². The molecule has 0 amide bonds. The number of ether oxygens (including phenoxy) is 3. The van der Waals surface area contributed by atoms with Gasteiger partial charge in [0.15, 0.2) is 11.5 Å². The first kappa shape index (κ1) is 15.3. The Balaban J connectivity index is 1.45. The molecule has 23 heavy (non-hydrogen) atoms. The van der Waals surface area contributed by atoms with Gasteiger partial charge in [-0.25, -0.2) is 0 Å². The van der Waals surface area contributed by atoms with Crippen molar-refractivity contribution in [2.75, 3.05) is 13.4 Å². The molecule has 1 aliphatic rings. The second-order valence-electron chi connectivity index (χ2n) is 5.04. The van der Waals surface area contributed by atoms with E-state index in [2.05, 4.69) is 4.98 Å². The molecule has 1 aliphatic heterocycles. The number of aliphatic hydroxyl groups is 1. The highest BCUT2D eigenvalue weighted by atomic mass is 16.7. The van der Waals surface area contributed by atoms with Crippen LogP contribution in [0.3, 0.4) is 0 Å². The first-order chi connectivity index (χ1) is 11.1.